The average Bonchev–Trinajstić information content (AvgIpc) is 2.29. The largest absolute Gasteiger partial charge is 0.481 e. The van der Waals surface area contributed by atoms with Crippen molar-refractivity contribution in [2.24, 2.45) is 23.2 Å². The summed E-state index contributed by atoms with van der Waals surface area (Å²) >= 11 is 0. The highest BCUT2D eigenvalue weighted by molar-refractivity contribution is 5.71. The Bertz CT molecular complexity index is 275. The van der Waals surface area contributed by atoms with Crippen molar-refractivity contribution in [3.05, 3.63) is 0 Å². The Labute approximate surface area is 105 Å². The first-order chi connectivity index (χ1) is 8.05. The number of carbonyl (C=O) groups is 1. The van der Waals surface area contributed by atoms with Crippen LogP contribution < -0.4 is 0 Å². The highest BCUT2D eigenvalue weighted by Gasteiger charge is 2.46. The van der Waals surface area contributed by atoms with Crippen LogP contribution in [-0.4, -0.2) is 11.1 Å². The van der Waals surface area contributed by atoms with Crippen molar-refractivity contribution in [3.8, 4) is 0 Å². The van der Waals surface area contributed by atoms with Gasteiger partial charge in [0.25, 0.3) is 0 Å². The Balaban J connectivity index is 2.06. The minimum atomic E-state index is -0.535. The summed E-state index contributed by atoms with van der Waals surface area (Å²) in [7, 11) is 0. The lowest BCUT2D eigenvalue weighted by atomic mass is 9.57. The number of carboxylic acids is 1. The fourth-order valence-corrected chi connectivity index (χ4v) is 4.17. The van der Waals surface area contributed by atoms with E-state index in [0.29, 0.717) is 0 Å². The summed E-state index contributed by atoms with van der Waals surface area (Å²) in [5.41, 5.74) is 0.162. The maximum atomic E-state index is 11.4. The maximum absolute atomic E-state index is 11.4. The number of hydrogen-bond donors (Lipinski definition) is 1. The summed E-state index contributed by atoms with van der Waals surface area (Å²) in [6, 6.07) is 0. The van der Waals surface area contributed by atoms with E-state index in [1.807, 2.05) is 0 Å². The zero-order chi connectivity index (χ0) is 12.5. The summed E-state index contributed by atoms with van der Waals surface area (Å²) in [5, 5.41) is 9.43. The average molecular weight is 238 g/mol. The lowest BCUT2D eigenvalue weighted by Crippen LogP contribution is -2.42. The summed E-state index contributed by atoms with van der Waals surface area (Å²) in [6.07, 6.45) is 9.27. The van der Waals surface area contributed by atoms with Gasteiger partial charge in [-0.15, -0.1) is 0 Å². The molecule has 2 saturated carbocycles. The van der Waals surface area contributed by atoms with Gasteiger partial charge in [0.2, 0.25) is 0 Å². The van der Waals surface area contributed by atoms with Crippen molar-refractivity contribution in [2.75, 3.05) is 0 Å². The second-order valence-electron chi connectivity index (χ2n) is 6.58. The molecule has 0 aliphatic heterocycles. The SMILES string of the molecule is CC(C)C1CCC2(CCCCC2C(=O)O)CC1. The van der Waals surface area contributed by atoms with Crippen LogP contribution in [0, 0.1) is 23.2 Å². The lowest BCUT2D eigenvalue weighted by molar-refractivity contribution is -0.151. The maximum Gasteiger partial charge on any atom is 0.307 e. The van der Waals surface area contributed by atoms with Gasteiger partial charge >= 0.3 is 5.97 Å². The molecular weight excluding hydrogens is 212 g/mol. The first-order valence-corrected chi connectivity index (χ1v) is 7.28. The topological polar surface area (TPSA) is 37.3 Å². The lowest BCUT2D eigenvalue weighted by Gasteiger charge is -2.47. The van der Waals surface area contributed by atoms with Crippen LogP contribution in [-0.2, 0) is 4.79 Å². The van der Waals surface area contributed by atoms with Crippen LogP contribution in [0.15, 0.2) is 0 Å². The molecule has 0 amide bonds. The first-order valence-electron chi connectivity index (χ1n) is 7.28. The molecule has 98 valence electrons. The quantitative estimate of drug-likeness (QED) is 0.786. The van der Waals surface area contributed by atoms with Gasteiger partial charge in [-0.25, -0.2) is 0 Å². The minimum Gasteiger partial charge on any atom is -0.481 e. The molecule has 0 aromatic heterocycles. The molecule has 0 aromatic carbocycles. The molecule has 2 aliphatic rings. The molecule has 2 aliphatic carbocycles. The molecule has 0 radical (unpaired) electrons. The predicted molar refractivity (Wildman–Crippen MR) is 68.8 cm³/mol. The predicted octanol–water partition coefficient (Wildman–Crippen LogP) is 4.09. The van der Waals surface area contributed by atoms with E-state index in [9.17, 15) is 9.90 Å². The highest BCUT2D eigenvalue weighted by Crippen LogP contribution is 2.53. The molecule has 2 fully saturated rings. The van der Waals surface area contributed by atoms with Gasteiger partial charge in [-0.1, -0.05) is 26.7 Å². The van der Waals surface area contributed by atoms with Gasteiger partial charge in [0.15, 0.2) is 0 Å². The molecule has 2 heteroatoms. The molecule has 1 N–H and O–H groups in total. The summed E-state index contributed by atoms with van der Waals surface area (Å²) in [5.74, 6) is 1.01. The van der Waals surface area contributed by atoms with Crippen LogP contribution >= 0.6 is 0 Å². The molecule has 0 heterocycles. The molecule has 1 spiro atoms. The third-order valence-corrected chi connectivity index (χ3v) is 5.42. The zero-order valence-electron chi connectivity index (χ0n) is 11.2. The van der Waals surface area contributed by atoms with Crippen LogP contribution in [0.2, 0.25) is 0 Å². The van der Waals surface area contributed by atoms with E-state index in [1.165, 1.54) is 19.3 Å². The highest BCUT2D eigenvalue weighted by atomic mass is 16.4. The molecule has 0 saturated heterocycles. The minimum absolute atomic E-state index is 0.0515. The molecule has 0 bridgehead atoms. The Kier molecular flexibility index (Phi) is 3.79. The molecule has 0 aromatic rings. The summed E-state index contributed by atoms with van der Waals surface area (Å²) in [4.78, 5) is 11.4. The number of hydrogen-bond acceptors (Lipinski definition) is 1. The standard InChI is InChI=1S/C15H26O2/c1-11(2)12-6-9-15(10-7-12)8-4-3-5-13(15)14(16)17/h11-13H,3-10H2,1-2H3,(H,16,17). The number of rotatable bonds is 2. The van der Waals surface area contributed by atoms with Crippen LogP contribution in [0.5, 0.6) is 0 Å². The fourth-order valence-electron chi connectivity index (χ4n) is 4.17. The fraction of sp³-hybridized carbons (Fsp3) is 0.933. The zero-order valence-corrected chi connectivity index (χ0v) is 11.2. The van der Waals surface area contributed by atoms with E-state index in [4.69, 9.17) is 0 Å². The molecule has 1 atom stereocenters. The van der Waals surface area contributed by atoms with Crippen LogP contribution in [0.1, 0.15) is 65.2 Å². The van der Waals surface area contributed by atoms with E-state index in [-0.39, 0.29) is 11.3 Å². The van der Waals surface area contributed by atoms with E-state index in [2.05, 4.69) is 13.8 Å². The molecule has 2 nitrogen and oxygen atoms in total. The van der Waals surface area contributed by atoms with Gasteiger partial charge in [0.05, 0.1) is 5.92 Å². The van der Waals surface area contributed by atoms with E-state index < -0.39 is 5.97 Å². The van der Waals surface area contributed by atoms with E-state index in [1.54, 1.807) is 0 Å². The third-order valence-electron chi connectivity index (χ3n) is 5.42. The van der Waals surface area contributed by atoms with Gasteiger partial charge in [-0.3, -0.25) is 4.79 Å². The van der Waals surface area contributed by atoms with E-state index >= 15 is 0 Å². The monoisotopic (exact) mass is 238 g/mol. The van der Waals surface area contributed by atoms with Gasteiger partial charge in [-0.05, 0) is 55.8 Å². The molecule has 2 rings (SSSR count). The number of carboxylic acid groups (broad SMARTS) is 1. The Morgan fingerprint density at radius 3 is 2.29 bits per heavy atom. The Morgan fingerprint density at radius 1 is 1.12 bits per heavy atom. The van der Waals surface area contributed by atoms with Crippen molar-refractivity contribution in [1.29, 1.82) is 0 Å². The first kappa shape index (κ1) is 12.9. The van der Waals surface area contributed by atoms with Crippen LogP contribution in [0.25, 0.3) is 0 Å². The summed E-state index contributed by atoms with van der Waals surface area (Å²) in [6.45, 7) is 4.61. The van der Waals surface area contributed by atoms with Crippen molar-refractivity contribution in [1.82, 2.24) is 0 Å². The molecular formula is C15H26O2. The van der Waals surface area contributed by atoms with Gasteiger partial charge in [0.1, 0.15) is 0 Å². The molecule has 1 unspecified atom stereocenters. The van der Waals surface area contributed by atoms with Crippen LogP contribution in [0.3, 0.4) is 0 Å². The van der Waals surface area contributed by atoms with E-state index in [0.717, 1.165) is 43.9 Å². The van der Waals surface area contributed by atoms with Crippen molar-refractivity contribution in [3.63, 3.8) is 0 Å². The Morgan fingerprint density at radius 2 is 1.76 bits per heavy atom. The molecule has 17 heavy (non-hydrogen) atoms. The summed E-state index contributed by atoms with van der Waals surface area (Å²) < 4.78 is 0. The third kappa shape index (κ3) is 2.51. The Hall–Kier alpha value is -0.530. The van der Waals surface area contributed by atoms with Crippen molar-refractivity contribution >= 4 is 5.97 Å². The van der Waals surface area contributed by atoms with Crippen molar-refractivity contribution in [2.45, 2.75) is 65.2 Å². The van der Waals surface area contributed by atoms with Crippen molar-refractivity contribution < 1.29 is 9.90 Å². The second-order valence-corrected chi connectivity index (χ2v) is 6.58. The smallest absolute Gasteiger partial charge is 0.307 e. The second kappa shape index (κ2) is 4.99. The normalized spacial score (nSPS) is 38.5. The van der Waals surface area contributed by atoms with Gasteiger partial charge in [0, 0.05) is 0 Å². The van der Waals surface area contributed by atoms with Gasteiger partial charge < -0.3 is 5.11 Å². The van der Waals surface area contributed by atoms with Crippen LogP contribution in [0.4, 0.5) is 0 Å². The number of aliphatic carboxylic acids is 1. The van der Waals surface area contributed by atoms with Gasteiger partial charge in [-0.2, -0.15) is 0 Å².